The summed E-state index contributed by atoms with van der Waals surface area (Å²) in [5.41, 5.74) is 1.56. The van der Waals surface area contributed by atoms with Gasteiger partial charge >= 0.3 is 0 Å². The van der Waals surface area contributed by atoms with Gasteiger partial charge in [0.15, 0.2) is 0 Å². The Hall–Kier alpha value is -1.02. The van der Waals surface area contributed by atoms with Gasteiger partial charge in [0, 0.05) is 17.9 Å². The van der Waals surface area contributed by atoms with Gasteiger partial charge in [-0.1, -0.05) is 46.8 Å². The van der Waals surface area contributed by atoms with E-state index in [9.17, 15) is 0 Å². The summed E-state index contributed by atoms with van der Waals surface area (Å²) in [5.74, 6) is 1.56. The third kappa shape index (κ3) is 3.17. The van der Waals surface area contributed by atoms with Crippen LogP contribution in [0.15, 0.2) is 24.3 Å². The third-order valence-electron chi connectivity index (χ3n) is 4.62. The molecule has 1 N–H and O–H groups in total. The Labute approximate surface area is 123 Å². The van der Waals surface area contributed by atoms with E-state index in [1.54, 1.807) is 0 Å². The number of hydrogen-bond acceptors (Lipinski definition) is 2. The molecule has 2 rings (SSSR count). The fourth-order valence-electron chi connectivity index (χ4n) is 2.86. The quantitative estimate of drug-likeness (QED) is 0.833. The van der Waals surface area contributed by atoms with Gasteiger partial charge in [-0.3, -0.25) is 0 Å². The monoisotopic (exact) mass is 275 g/mol. The second kappa shape index (κ2) is 6.17. The summed E-state index contributed by atoms with van der Waals surface area (Å²) in [7, 11) is 0. The molecule has 1 aromatic rings. The van der Waals surface area contributed by atoms with Crippen LogP contribution in [-0.4, -0.2) is 18.7 Å². The molecule has 1 aliphatic rings. The number of rotatable bonds is 6. The van der Waals surface area contributed by atoms with E-state index in [4.69, 9.17) is 4.74 Å². The fraction of sp³-hybridized carbons (Fsp3) is 0.667. The molecule has 112 valence electrons. The second-order valence-corrected chi connectivity index (χ2v) is 6.90. The van der Waals surface area contributed by atoms with Crippen LogP contribution in [0, 0.1) is 5.41 Å². The van der Waals surface area contributed by atoms with Gasteiger partial charge < -0.3 is 10.1 Å². The van der Waals surface area contributed by atoms with Gasteiger partial charge in [0.2, 0.25) is 0 Å². The molecule has 0 heterocycles. The minimum Gasteiger partial charge on any atom is -0.490 e. The zero-order chi connectivity index (χ0) is 14.8. The molecule has 20 heavy (non-hydrogen) atoms. The molecule has 1 saturated carbocycles. The van der Waals surface area contributed by atoms with Crippen LogP contribution in [0.3, 0.4) is 0 Å². The molecular weight excluding hydrogens is 246 g/mol. The van der Waals surface area contributed by atoms with Crippen LogP contribution in [0.25, 0.3) is 0 Å². The summed E-state index contributed by atoms with van der Waals surface area (Å²) in [5, 5.41) is 3.62. The number of benzene rings is 1. The van der Waals surface area contributed by atoms with Crippen molar-refractivity contribution in [1.82, 2.24) is 5.32 Å². The number of ether oxygens (including phenoxy) is 1. The molecule has 0 aromatic heterocycles. The number of hydrogen-bond donors (Lipinski definition) is 1. The molecule has 2 atom stereocenters. The van der Waals surface area contributed by atoms with Gasteiger partial charge in [-0.15, -0.1) is 0 Å². The van der Waals surface area contributed by atoms with E-state index in [0.717, 1.165) is 18.7 Å². The Morgan fingerprint density at radius 2 is 2.10 bits per heavy atom. The van der Waals surface area contributed by atoms with Crippen molar-refractivity contribution in [3.63, 3.8) is 0 Å². The molecule has 0 bridgehead atoms. The highest BCUT2D eigenvalue weighted by molar-refractivity contribution is 5.31. The van der Waals surface area contributed by atoms with Crippen LogP contribution in [0.5, 0.6) is 5.75 Å². The highest BCUT2D eigenvalue weighted by Gasteiger charge is 2.49. The molecule has 0 spiro atoms. The first kappa shape index (κ1) is 15.4. The van der Waals surface area contributed by atoms with E-state index in [1.165, 1.54) is 12.0 Å². The van der Waals surface area contributed by atoms with Gasteiger partial charge in [0.25, 0.3) is 0 Å². The predicted octanol–water partition coefficient (Wildman–Crippen LogP) is 4.36. The molecule has 2 nitrogen and oxygen atoms in total. The molecule has 0 radical (unpaired) electrons. The highest BCUT2D eigenvalue weighted by Crippen LogP contribution is 2.43. The average molecular weight is 275 g/mol. The standard InChI is InChI=1S/C18H29NO/c1-6-10-19-16-12-17(18(16,4)5)20-15-9-7-8-14(11-15)13(2)3/h7-9,11,13,16-17,19H,6,10,12H2,1-5H3. The maximum absolute atomic E-state index is 6.23. The van der Waals surface area contributed by atoms with Crippen molar-refractivity contribution in [3.05, 3.63) is 29.8 Å². The predicted molar refractivity (Wildman–Crippen MR) is 85.4 cm³/mol. The Morgan fingerprint density at radius 3 is 2.70 bits per heavy atom. The molecular formula is C18H29NO. The number of nitrogens with one attached hydrogen (secondary N) is 1. The Balaban J connectivity index is 1.96. The van der Waals surface area contributed by atoms with Crippen molar-refractivity contribution in [2.24, 2.45) is 5.41 Å². The first-order chi connectivity index (χ1) is 9.45. The zero-order valence-corrected chi connectivity index (χ0v) is 13.6. The van der Waals surface area contributed by atoms with Crippen molar-refractivity contribution < 1.29 is 4.74 Å². The van der Waals surface area contributed by atoms with Gasteiger partial charge in [0.05, 0.1) is 0 Å². The normalized spacial score (nSPS) is 24.5. The maximum atomic E-state index is 6.23. The van der Waals surface area contributed by atoms with E-state index < -0.39 is 0 Å². The molecule has 0 aliphatic heterocycles. The van der Waals surface area contributed by atoms with E-state index in [0.29, 0.717) is 18.1 Å². The first-order valence-electron chi connectivity index (χ1n) is 7.95. The molecule has 0 amide bonds. The maximum Gasteiger partial charge on any atom is 0.120 e. The van der Waals surface area contributed by atoms with Crippen LogP contribution >= 0.6 is 0 Å². The summed E-state index contributed by atoms with van der Waals surface area (Å²) in [6.07, 6.45) is 2.62. The summed E-state index contributed by atoms with van der Waals surface area (Å²) in [6, 6.07) is 9.13. The van der Waals surface area contributed by atoms with Gasteiger partial charge in [-0.2, -0.15) is 0 Å². The van der Waals surface area contributed by atoms with Crippen molar-refractivity contribution in [2.45, 2.75) is 65.5 Å². The second-order valence-electron chi connectivity index (χ2n) is 6.90. The summed E-state index contributed by atoms with van der Waals surface area (Å²) in [6.45, 7) is 12.4. The van der Waals surface area contributed by atoms with Gasteiger partial charge in [0.1, 0.15) is 11.9 Å². The lowest BCUT2D eigenvalue weighted by atomic mass is 9.64. The van der Waals surface area contributed by atoms with Crippen LogP contribution in [0.4, 0.5) is 0 Å². The Bertz CT molecular complexity index is 439. The smallest absolute Gasteiger partial charge is 0.120 e. The first-order valence-corrected chi connectivity index (χ1v) is 7.95. The minimum atomic E-state index is 0.211. The molecule has 0 saturated heterocycles. The van der Waals surface area contributed by atoms with Crippen molar-refractivity contribution in [3.8, 4) is 5.75 Å². The van der Waals surface area contributed by atoms with Crippen molar-refractivity contribution in [2.75, 3.05) is 6.54 Å². The van der Waals surface area contributed by atoms with E-state index >= 15 is 0 Å². The largest absolute Gasteiger partial charge is 0.490 e. The van der Waals surface area contributed by atoms with E-state index in [-0.39, 0.29) is 5.41 Å². The summed E-state index contributed by atoms with van der Waals surface area (Å²) < 4.78 is 6.23. The van der Waals surface area contributed by atoms with Crippen LogP contribution < -0.4 is 10.1 Å². The molecule has 2 unspecified atom stereocenters. The lowest BCUT2D eigenvalue weighted by Gasteiger charge is -2.51. The summed E-state index contributed by atoms with van der Waals surface area (Å²) >= 11 is 0. The van der Waals surface area contributed by atoms with Gasteiger partial charge in [-0.25, -0.2) is 0 Å². The van der Waals surface area contributed by atoms with Gasteiger partial charge in [-0.05, 0) is 36.6 Å². The highest BCUT2D eigenvalue weighted by atomic mass is 16.5. The molecule has 1 fully saturated rings. The van der Waals surface area contributed by atoms with Crippen LogP contribution in [0.1, 0.15) is 58.9 Å². The van der Waals surface area contributed by atoms with Crippen LogP contribution in [-0.2, 0) is 0 Å². The van der Waals surface area contributed by atoms with Crippen molar-refractivity contribution >= 4 is 0 Å². The minimum absolute atomic E-state index is 0.211. The lowest BCUT2D eigenvalue weighted by Crippen LogP contribution is -2.62. The topological polar surface area (TPSA) is 21.3 Å². The van der Waals surface area contributed by atoms with E-state index in [2.05, 4.69) is 64.2 Å². The zero-order valence-electron chi connectivity index (χ0n) is 13.6. The SMILES string of the molecule is CCCNC1CC(Oc2cccc(C(C)C)c2)C1(C)C. The molecule has 1 aromatic carbocycles. The van der Waals surface area contributed by atoms with E-state index in [1.807, 2.05) is 0 Å². The molecule has 1 aliphatic carbocycles. The third-order valence-corrected chi connectivity index (χ3v) is 4.62. The Morgan fingerprint density at radius 1 is 1.35 bits per heavy atom. The molecule has 2 heteroatoms. The summed E-state index contributed by atoms with van der Waals surface area (Å²) in [4.78, 5) is 0. The Kier molecular flexibility index (Phi) is 4.74. The average Bonchev–Trinajstić information content (AvgIpc) is 2.42. The fourth-order valence-corrected chi connectivity index (χ4v) is 2.86. The van der Waals surface area contributed by atoms with Crippen molar-refractivity contribution in [1.29, 1.82) is 0 Å². The lowest BCUT2D eigenvalue weighted by molar-refractivity contribution is -0.0546. The van der Waals surface area contributed by atoms with Crippen LogP contribution in [0.2, 0.25) is 0 Å².